The van der Waals surface area contributed by atoms with E-state index < -0.39 is 0 Å². The molecule has 0 spiro atoms. The first-order chi connectivity index (χ1) is 7.76. The van der Waals surface area contributed by atoms with Crippen LogP contribution in [0.25, 0.3) is 0 Å². The van der Waals surface area contributed by atoms with E-state index in [0.717, 1.165) is 18.0 Å². The van der Waals surface area contributed by atoms with Crippen molar-refractivity contribution >= 4 is 17.4 Å². The van der Waals surface area contributed by atoms with Gasteiger partial charge in [0.05, 0.1) is 18.8 Å². The number of ether oxygens (including phenoxy) is 1. The topological polar surface area (TPSA) is 24.5 Å². The minimum absolute atomic E-state index is 0.551. The molecule has 3 nitrogen and oxygen atoms in total. The number of nitrogens with zero attached hydrogens (tertiary/aromatic N) is 1. The minimum Gasteiger partial charge on any atom is -0.497 e. The molecule has 88 valence electrons. The Morgan fingerprint density at radius 2 is 2.38 bits per heavy atom. The molecule has 2 rings (SSSR count). The van der Waals surface area contributed by atoms with Gasteiger partial charge in [0.25, 0.3) is 0 Å². The molecular weight excluding hydrogens is 220 g/mol. The summed E-state index contributed by atoms with van der Waals surface area (Å²) < 4.78 is 5.27. The van der Waals surface area contributed by atoms with E-state index in [4.69, 9.17) is 4.74 Å². The molecule has 1 aromatic rings. The van der Waals surface area contributed by atoms with Gasteiger partial charge in [-0.25, -0.2) is 0 Å². The number of nitrogens with one attached hydrogen (secondary N) is 1. The summed E-state index contributed by atoms with van der Waals surface area (Å²) in [5.41, 5.74) is 1.27. The van der Waals surface area contributed by atoms with Gasteiger partial charge in [-0.3, -0.25) is 0 Å². The molecule has 0 fully saturated rings. The molecule has 0 bridgehead atoms. The van der Waals surface area contributed by atoms with Crippen molar-refractivity contribution < 1.29 is 4.74 Å². The quantitative estimate of drug-likeness (QED) is 0.868. The van der Waals surface area contributed by atoms with E-state index in [9.17, 15) is 0 Å². The average molecular weight is 238 g/mol. The van der Waals surface area contributed by atoms with Crippen molar-refractivity contribution in [3.63, 3.8) is 0 Å². The standard InChI is InChI=1S/C12H18N2OS/c1-13-7-9-8-16-12-5-4-10(15-3)6-11(12)14(9)2/h4-6,9,13H,7-8H2,1-3H3. The van der Waals surface area contributed by atoms with Crippen molar-refractivity contribution in [1.82, 2.24) is 5.32 Å². The van der Waals surface area contributed by atoms with Crippen LogP contribution in [0.2, 0.25) is 0 Å². The van der Waals surface area contributed by atoms with Gasteiger partial charge in [0.1, 0.15) is 5.75 Å². The second-order valence-corrected chi connectivity index (χ2v) is 5.03. The van der Waals surface area contributed by atoms with Crippen LogP contribution in [0, 0.1) is 0 Å². The number of hydrogen-bond acceptors (Lipinski definition) is 4. The first-order valence-corrected chi connectivity index (χ1v) is 6.43. The lowest BCUT2D eigenvalue weighted by molar-refractivity contribution is 0.414. The molecule has 1 atom stereocenters. The van der Waals surface area contributed by atoms with Crippen LogP contribution >= 0.6 is 11.8 Å². The first kappa shape index (κ1) is 11.6. The molecule has 0 radical (unpaired) electrons. The number of methoxy groups -OCH3 is 1. The highest BCUT2D eigenvalue weighted by atomic mass is 32.2. The number of rotatable bonds is 3. The minimum atomic E-state index is 0.551. The number of anilines is 1. The molecule has 1 aromatic carbocycles. The van der Waals surface area contributed by atoms with Gasteiger partial charge >= 0.3 is 0 Å². The molecule has 0 amide bonds. The highest BCUT2D eigenvalue weighted by molar-refractivity contribution is 7.99. The number of thioether (sulfide) groups is 1. The van der Waals surface area contributed by atoms with Crippen molar-refractivity contribution in [2.24, 2.45) is 0 Å². The Morgan fingerprint density at radius 1 is 1.56 bits per heavy atom. The Kier molecular flexibility index (Phi) is 3.61. The summed E-state index contributed by atoms with van der Waals surface area (Å²) in [5, 5.41) is 3.24. The molecule has 16 heavy (non-hydrogen) atoms. The zero-order valence-corrected chi connectivity index (χ0v) is 10.8. The first-order valence-electron chi connectivity index (χ1n) is 5.44. The maximum Gasteiger partial charge on any atom is 0.121 e. The summed E-state index contributed by atoms with van der Waals surface area (Å²) in [6.07, 6.45) is 0. The molecule has 1 unspecified atom stereocenters. The van der Waals surface area contributed by atoms with Crippen LogP contribution < -0.4 is 15.0 Å². The van der Waals surface area contributed by atoms with Crippen LogP contribution in [0.3, 0.4) is 0 Å². The van der Waals surface area contributed by atoms with E-state index in [1.54, 1.807) is 7.11 Å². The van der Waals surface area contributed by atoms with Gasteiger partial charge in [0, 0.05) is 30.3 Å². The molecule has 1 heterocycles. The van der Waals surface area contributed by atoms with Gasteiger partial charge in [-0.05, 0) is 19.2 Å². The lowest BCUT2D eigenvalue weighted by atomic mass is 10.2. The van der Waals surface area contributed by atoms with Crippen LogP contribution in [0.15, 0.2) is 23.1 Å². The summed E-state index contributed by atoms with van der Waals surface area (Å²) in [5.74, 6) is 2.06. The van der Waals surface area contributed by atoms with E-state index in [-0.39, 0.29) is 0 Å². The normalized spacial score (nSPS) is 19.4. The average Bonchev–Trinajstić information content (AvgIpc) is 2.33. The van der Waals surface area contributed by atoms with E-state index >= 15 is 0 Å². The zero-order valence-electron chi connectivity index (χ0n) is 9.99. The number of benzene rings is 1. The molecule has 0 saturated carbocycles. The summed E-state index contributed by atoms with van der Waals surface area (Å²) in [6, 6.07) is 6.84. The Bertz CT molecular complexity index is 370. The third-order valence-corrected chi connectivity index (χ3v) is 4.17. The van der Waals surface area contributed by atoms with Crippen molar-refractivity contribution in [1.29, 1.82) is 0 Å². The van der Waals surface area contributed by atoms with Crippen LogP contribution in [0.1, 0.15) is 0 Å². The number of hydrogen-bond donors (Lipinski definition) is 1. The Morgan fingerprint density at radius 3 is 3.06 bits per heavy atom. The van der Waals surface area contributed by atoms with Gasteiger partial charge in [0.15, 0.2) is 0 Å². The van der Waals surface area contributed by atoms with Gasteiger partial charge in [-0.1, -0.05) is 0 Å². The molecule has 1 N–H and O–H groups in total. The summed E-state index contributed by atoms with van der Waals surface area (Å²) in [4.78, 5) is 3.68. The fourth-order valence-corrected chi connectivity index (χ4v) is 3.18. The van der Waals surface area contributed by atoms with Crippen molar-refractivity contribution in [2.45, 2.75) is 10.9 Å². The van der Waals surface area contributed by atoms with E-state index in [2.05, 4.69) is 29.4 Å². The largest absolute Gasteiger partial charge is 0.497 e. The zero-order chi connectivity index (χ0) is 11.5. The predicted molar refractivity (Wildman–Crippen MR) is 69.8 cm³/mol. The number of likely N-dealkylation sites (N-methyl/N-ethyl adjacent to an activating group) is 2. The number of fused-ring (bicyclic) bond motifs is 1. The third-order valence-electron chi connectivity index (χ3n) is 2.96. The maximum absolute atomic E-state index is 5.27. The molecule has 1 aliphatic rings. The van der Waals surface area contributed by atoms with E-state index in [0.29, 0.717) is 6.04 Å². The van der Waals surface area contributed by atoms with Gasteiger partial charge in [0.2, 0.25) is 0 Å². The van der Waals surface area contributed by atoms with Crippen LogP contribution in [0.4, 0.5) is 5.69 Å². The van der Waals surface area contributed by atoms with Crippen molar-refractivity contribution in [2.75, 3.05) is 38.4 Å². The second-order valence-electron chi connectivity index (χ2n) is 3.97. The lowest BCUT2D eigenvalue weighted by Crippen LogP contribution is -2.43. The van der Waals surface area contributed by atoms with E-state index in [1.165, 1.54) is 10.6 Å². The predicted octanol–water partition coefficient (Wildman–Crippen LogP) is 1.83. The highest BCUT2D eigenvalue weighted by Gasteiger charge is 2.23. The van der Waals surface area contributed by atoms with E-state index in [1.807, 2.05) is 24.9 Å². The molecule has 4 heteroatoms. The molecule has 0 aliphatic carbocycles. The Hall–Kier alpha value is -0.870. The van der Waals surface area contributed by atoms with Crippen LogP contribution in [-0.4, -0.2) is 39.5 Å². The molecule has 0 aromatic heterocycles. The van der Waals surface area contributed by atoms with Crippen molar-refractivity contribution in [3.05, 3.63) is 18.2 Å². The Labute approximate surface area is 101 Å². The van der Waals surface area contributed by atoms with Gasteiger partial charge in [-0.15, -0.1) is 11.8 Å². The molecule has 0 saturated heterocycles. The fraction of sp³-hybridized carbons (Fsp3) is 0.500. The third kappa shape index (κ3) is 2.13. The van der Waals surface area contributed by atoms with Gasteiger partial charge < -0.3 is 15.0 Å². The second kappa shape index (κ2) is 4.97. The summed E-state index contributed by atoms with van der Waals surface area (Å²) in [6.45, 7) is 1.01. The van der Waals surface area contributed by atoms with Crippen LogP contribution in [0.5, 0.6) is 5.75 Å². The summed E-state index contributed by atoms with van der Waals surface area (Å²) >= 11 is 1.92. The molecule has 1 aliphatic heterocycles. The SMILES string of the molecule is CNCC1CSc2ccc(OC)cc2N1C. The maximum atomic E-state index is 5.27. The Balaban J connectivity index is 2.27. The summed E-state index contributed by atoms with van der Waals surface area (Å²) in [7, 11) is 5.86. The van der Waals surface area contributed by atoms with Crippen molar-refractivity contribution in [3.8, 4) is 5.75 Å². The van der Waals surface area contributed by atoms with Gasteiger partial charge in [-0.2, -0.15) is 0 Å². The smallest absolute Gasteiger partial charge is 0.121 e. The van der Waals surface area contributed by atoms with Crippen LogP contribution in [-0.2, 0) is 0 Å². The highest BCUT2D eigenvalue weighted by Crippen LogP contribution is 2.38. The monoisotopic (exact) mass is 238 g/mol. The molecular formula is C12H18N2OS. The fourth-order valence-electron chi connectivity index (χ4n) is 1.95. The lowest BCUT2D eigenvalue weighted by Gasteiger charge is -2.35.